The fraction of sp³-hybridized carbons (Fsp3) is 0.806. The van der Waals surface area contributed by atoms with Gasteiger partial charge in [-0.3, -0.25) is 4.84 Å². The number of piperidine rings is 1. The number of unbranched alkanes of at least 4 members (excludes halogenated alkanes) is 2. The first-order valence-electron chi connectivity index (χ1n) is 14.8. The second-order valence-electron chi connectivity index (χ2n) is 11.5. The molecule has 1 aromatic rings. The topological polar surface area (TPSA) is 52.7 Å². The quantitative estimate of drug-likeness (QED) is 0.126. The van der Waals surface area contributed by atoms with Gasteiger partial charge in [-0.05, 0) is 63.6 Å². The highest BCUT2D eigenvalue weighted by atomic mass is 16.7. The summed E-state index contributed by atoms with van der Waals surface area (Å²) in [7, 11) is 0. The van der Waals surface area contributed by atoms with E-state index in [9.17, 15) is 0 Å². The van der Waals surface area contributed by atoms with Gasteiger partial charge in [0.2, 0.25) is 0 Å². The molecule has 6 heteroatoms. The van der Waals surface area contributed by atoms with Gasteiger partial charge in [0, 0.05) is 17.9 Å². The van der Waals surface area contributed by atoms with E-state index in [1.807, 2.05) is 12.1 Å². The van der Waals surface area contributed by atoms with Gasteiger partial charge in [0.25, 0.3) is 0 Å². The first-order chi connectivity index (χ1) is 17.8. The third kappa shape index (κ3) is 7.48. The number of hydroxylamine groups is 2. The minimum Gasteiger partial charge on any atom is -0.491 e. The van der Waals surface area contributed by atoms with Gasteiger partial charge in [-0.2, -0.15) is 5.06 Å². The predicted octanol–water partition coefficient (Wildman–Crippen LogP) is 6.95. The van der Waals surface area contributed by atoms with Crippen LogP contribution >= 0.6 is 0 Å². The molecule has 2 fully saturated rings. The second-order valence-corrected chi connectivity index (χ2v) is 11.5. The maximum atomic E-state index is 6.71. The van der Waals surface area contributed by atoms with Crippen LogP contribution < -0.4 is 4.74 Å². The maximum absolute atomic E-state index is 6.71. The summed E-state index contributed by atoms with van der Waals surface area (Å²) in [6.07, 6.45) is 8.18. The van der Waals surface area contributed by atoms with Crippen LogP contribution in [0.15, 0.2) is 24.3 Å². The monoisotopic (exact) mass is 519 g/mol. The maximum Gasteiger partial charge on any atom is 0.174 e. The first kappa shape index (κ1) is 30.4. The van der Waals surface area contributed by atoms with Crippen LogP contribution in [0.4, 0.5) is 0 Å². The Morgan fingerprint density at radius 1 is 0.919 bits per heavy atom. The standard InChI is InChI=1S/C31H53NO5/c1-8-12-19-35-31(36-20-13-9-2)24-29(6,10-3)32(30(7,11-4)25(31)5)37-21-18-26-14-16-27(17-15-26)33-22-28-23-34-28/h14-17,25,28H,8-13,18-24H2,1-7H3. The van der Waals surface area contributed by atoms with Gasteiger partial charge in [0.1, 0.15) is 18.5 Å². The van der Waals surface area contributed by atoms with E-state index in [4.69, 9.17) is 23.8 Å². The van der Waals surface area contributed by atoms with Gasteiger partial charge in [-0.25, -0.2) is 0 Å². The van der Waals surface area contributed by atoms with Crippen LogP contribution in [-0.4, -0.2) is 61.1 Å². The van der Waals surface area contributed by atoms with Crippen LogP contribution in [0.5, 0.6) is 5.75 Å². The molecule has 6 nitrogen and oxygen atoms in total. The highest BCUT2D eigenvalue weighted by Crippen LogP contribution is 2.52. The van der Waals surface area contributed by atoms with Crippen molar-refractivity contribution in [1.82, 2.24) is 5.06 Å². The van der Waals surface area contributed by atoms with Crippen LogP contribution in [-0.2, 0) is 25.5 Å². The molecule has 2 aliphatic heterocycles. The largest absolute Gasteiger partial charge is 0.491 e. The number of hydrogen-bond acceptors (Lipinski definition) is 6. The van der Waals surface area contributed by atoms with E-state index in [-0.39, 0.29) is 23.1 Å². The van der Waals surface area contributed by atoms with Crippen LogP contribution in [0.2, 0.25) is 0 Å². The summed E-state index contributed by atoms with van der Waals surface area (Å²) in [4.78, 5) is 6.71. The minimum atomic E-state index is -0.596. The Kier molecular flexibility index (Phi) is 11.3. The third-order valence-corrected chi connectivity index (χ3v) is 8.71. The number of hydrogen-bond donors (Lipinski definition) is 0. The molecule has 0 spiro atoms. The fourth-order valence-electron chi connectivity index (χ4n) is 5.58. The van der Waals surface area contributed by atoms with Gasteiger partial charge in [0.15, 0.2) is 5.79 Å². The fourth-order valence-corrected chi connectivity index (χ4v) is 5.58. The Bertz CT molecular complexity index is 787. The molecule has 37 heavy (non-hydrogen) atoms. The number of epoxide rings is 1. The van der Waals surface area contributed by atoms with E-state index < -0.39 is 5.79 Å². The van der Waals surface area contributed by atoms with E-state index >= 15 is 0 Å². The van der Waals surface area contributed by atoms with Crippen molar-refractivity contribution in [3.05, 3.63) is 29.8 Å². The van der Waals surface area contributed by atoms with Crippen LogP contribution in [0.3, 0.4) is 0 Å². The number of ether oxygens (including phenoxy) is 4. The molecule has 2 heterocycles. The first-order valence-corrected chi connectivity index (χ1v) is 14.8. The number of rotatable bonds is 17. The smallest absolute Gasteiger partial charge is 0.174 e. The van der Waals surface area contributed by atoms with Crippen molar-refractivity contribution in [3.8, 4) is 5.75 Å². The third-order valence-electron chi connectivity index (χ3n) is 8.71. The zero-order valence-electron chi connectivity index (χ0n) is 24.6. The Morgan fingerprint density at radius 3 is 2.05 bits per heavy atom. The van der Waals surface area contributed by atoms with Crippen LogP contribution in [0.25, 0.3) is 0 Å². The molecule has 0 bridgehead atoms. The van der Waals surface area contributed by atoms with Gasteiger partial charge >= 0.3 is 0 Å². The van der Waals surface area contributed by atoms with Crippen molar-refractivity contribution in [1.29, 1.82) is 0 Å². The molecule has 2 saturated heterocycles. The van der Waals surface area contributed by atoms with Gasteiger partial charge in [-0.1, -0.05) is 59.6 Å². The van der Waals surface area contributed by atoms with E-state index in [1.54, 1.807) is 0 Å². The normalized spacial score (nSPS) is 29.4. The zero-order chi connectivity index (χ0) is 26.9. The van der Waals surface area contributed by atoms with Gasteiger partial charge in [0.05, 0.1) is 32.0 Å². The second kappa shape index (κ2) is 13.7. The summed E-state index contributed by atoms with van der Waals surface area (Å²) in [5.74, 6) is 0.455. The van der Waals surface area contributed by atoms with Crippen LogP contribution in [0.1, 0.15) is 99.0 Å². The average molecular weight is 520 g/mol. The molecule has 0 aliphatic carbocycles. The SMILES string of the molecule is CCCCOC1(OCCCC)CC(C)(CC)N(OCCc2ccc(OCC3CO3)cc2)C(C)(CC)C1C. The van der Waals surface area contributed by atoms with E-state index in [2.05, 4.69) is 65.7 Å². The molecule has 1 aromatic carbocycles. The van der Waals surface area contributed by atoms with E-state index in [1.165, 1.54) is 5.56 Å². The summed E-state index contributed by atoms with van der Waals surface area (Å²) in [5, 5.41) is 2.32. The summed E-state index contributed by atoms with van der Waals surface area (Å²) >= 11 is 0. The molecule has 2 aliphatic rings. The minimum absolute atomic E-state index is 0.158. The lowest BCUT2D eigenvalue weighted by Gasteiger charge is -2.62. The van der Waals surface area contributed by atoms with Gasteiger partial charge < -0.3 is 18.9 Å². The predicted molar refractivity (Wildman–Crippen MR) is 149 cm³/mol. The van der Waals surface area contributed by atoms with E-state index in [0.29, 0.717) is 13.2 Å². The van der Waals surface area contributed by atoms with Crippen molar-refractivity contribution in [2.75, 3.05) is 33.0 Å². The molecule has 4 unspecified atom stereocenters. The molecule has 4 atom stereocenters. The Hall–Kier alpha value is -1.18. The highest BCUT2D eigenvalue weighted by Gasteiger charge is 2.61. The molecular weight excluding hydrogens is 466 g/mol. The number of benzene rings is 1. The molecule has 0 saturated carbocycles. The summed E-state index contributed by atoms with van der Waals surface area (Å²) in [6, 6.07) is 8.36. The summed E-state index contributed by atoms with van der Waals surface area (Å²) in [5.41, 5.74) is 0.832. The average Bonchev–Trinajstić information content (AvgIpc) is 3.74. The van der Waals surface area contributed by atoms with Crippen LogP contribution in [0, 0.1) is 5.92 Å². The highest BCUT2D eigenvalue weighted by molar-refractivity contribution is 5.27. The molecule has 0 amide bonds. The molecule has 0 aromatic heterocycles. The zero-order valence-corrected chi connectivity index (χ0v) is 24.6. The Labute approximate surface area is 226 Å². The molecular formula is C31H53NO5. The van der Waals surface area contributed by atoms with Crippen molar-refractivity contribution in [3.63, 3.8) is 0 Å². The van der Waals surface area contributed by atoms with Crippen molar-refractivity contribution < 1.29 is 23.8 Å². The van der Waals surface area contributed by atoms with Crippen molar-refractivity contribution in [2.45, 2.75) is 123 Å². The molecule has 0 N–H and O–H groups in total. The lowest BCUT2D eigenvalue weighted by atomic mass is 9.67. The Balaban J connectivity index is 1.71. The number of nitrogens with zero attached hydrogens (tertiary/aromatic N) is 1. The molecule has 0 radical (unpaired) electrons. The molecule has 212 valence electrons. The summed E-state index contributed by atoms with van der Waals surface area (Å²) in [6.45, 7) is 19.5. The van der Waals surface area contributed by atoms with Crippen molar-refractivity contribution in [2.24, 2.45) is 5.92 Å². The van der Waals surface area contributed by atoms with Crippen molar-refractivity contribution >= 4 is 0 Å². The Morgan fingerprint density at radius 2 is 1.54 bits per heavy atom. The molecule has 3 rings (SSSR count). The lowest BCUT2D eigenvalue weighted by Crippen LogP contribution is -2.72. The van der Waals surface area contributed by atoms with E-state index in [0.717, 1.165) is 76.9 Å². The lowest BCUT2D eigenvalue weighted by molar-refractivity contribution is -0.387. The van der Waals surface area contributed by atoms with Gasteiger partial charge in [-0.15, -0.1) is 0 Å². The summed E-state index contributed by atoms with van der Waals surface area (Å²) < 4.78 is 24.4.